The van der Waals surface area contributed by atoms with Crippen molar-refractivity contribution in [1.82, 2.24) is 20.0 Å². The molecule has 0 aromatic carbocycles. The van der Waals surface area contributed by atoms with Crippen LogP contribution in [0.2, 0.25) is 0 Å². The molecule has 6 heteroatoms. The summed E-state index contributed by atoms with van der Waals surface area (Å²) in [6.07, 6.45) is 8.56. The molecular weight excluding hydrogens is 280 g/mol. The summed E-state index contributed by atoms with van der Waals surface area (Å²) in [6.45, 7) is 0.318. The Bertz CT molecular complexity index is 666. The Kier molecular flexibility index (Phi) is 4.27. The molecule has 6 nitrogen and oxygen atoms in total. The number of allylic oxidation sites excluding steroid dienone is 2. The van der Waals surface area contributed by atoms with Gasteiger partial charge in [0.25, 0.3) is 0 Å². The Labute approximate surface area is 128 Å². The molecule has 0 fully saturated rings. The Morgan fingerprint density at radius 3 is 3.05 bits per heavy atom. The maximum atomic E-state index is 12.4. The van der Waals surface area contributed by atoms with Gasteiger partial charge in [-0.2, -0.15) is 4.98 Å². The Hall–Kier alpha value is -2.50. The second kappa shape index (κ2) is 6.51. The average Bonchev–Trinajstić information content (AvgIpc) is 3.04. The van der Waals surface area contributed by atoms with Gasteiger partial charge >= 0.3 is 0 Å². The zero-order valence-corrected chi connectivity index (χ0v) is 12.5. The van der Waals surface area contributed by atoms with Gasteiger partial charge in [-0.3, -0.25) is 9.78 Å². The monoisotopic (exact) mass is 298 g/mol. The Balaban J connectivity index is 1.64. The third-order valence-corrected chi connectivity index (χ3v) is 3.73. The van der Waals surface area contributed by atoms with Crippen molar-refractivity contribution in [3.63, 3.8) is 0 Å². The number of aromatic nitrogens is 3. The van der Waals surface area contributed by atoms with Gasteiger partial charge in [0.15, 0.2) is 0 Å². The van der Waals surface area contributed by atoms with Crippen LogP contribution in [0.3, 0.4) is 0 Å². The van der Waals surface area contributed by atoms with Gasteiger partial charge in [0.2, 0.25) is 17.6 Å². The third kappa shape index (κ3) is 3.21. The van der Waals surface area contributed by atoms with Crippen molar-refractivity contribution in [3.8, 4) is 11.5 Å². The van der Waals surface area contributed by atoms with E-state index in [1.165, 1.54) is 0 Å². The van der Waals surface area contributed by atoms with E-state index in [1.807, 2.05) is 18.2 Å². The SMILES string of the molecule is CN(Cc1nc(-c2ccccn2)no1)C(=O)C1CC=CCC1. The zero-order valence-electron chi connectivity index (χ0n) is 12.5. The molecule has 0 radical (unpaired) electrons. The fourth-order valence-corrected chi connectivity index (χ4v) is 2.53. The van der Waals surface area contributed by atoms with Gasteiger partial charge in [-0.25, -0.2) is 0 Å². The number of carbonyl (C=O) groups excluding carboxylic acids is 1. The molecular formula is C16H18N4O2. The zero-order chi connectivity index (χ0) is 15.4. The molecule has 22 heavy (non-hydrogen) atoms. The number of amides is 1. The number of hydrogen-bond acceptors (Lipinski definition) is 5. The average molecular weight is 298 g/mol. The first kappa shape index (κ1) is 14.4. The van der Waals surface area contributed by atoms with Crippen LogP contribution in [0.5, 0.6) is 0 Å². The maximum absolute atomic E-state index is 12.4. The van der Waals surface area contributed by atoms with Crippen LogP contribution in [0.1, 0.15) is 25.2 Å². The summed E-state index contributed by atoms with van der Waals surface area (Å²) in [5.41, 5.74) is 0.656. The standard InChI is InChI=1S/C16H18N4O2/c1-20(16(21)12-7-3-2-4-8-12)11-14-18-15(19-22-14)13-9-5-6-10-17-13/h2-3,5-6,9-10,12H,4,7-8,11H2,1H3. The molecule has 114 valence electrons. The van der Waals surface area contributed by atoms with Crippen LogP contribution in [0, 0.1) is 5.92 Å². The predicted molar refractivity (Wildman–Crippen MR) is 80.5 cm³/mol. The van der Waals surface area contributed by atoms with Crippen molar-refractivity contribution in [3.05, 3.63) is 42.4 Å². The molecule has 2 aromatic rings. The van der Waals surface area contributed by atoms with Crippen molar-refractivity contribution in [2.75, 3.05) is 7.05 Å². The van der Waals surface area contributed by atoms with E-state index in [0.717, 1.165) is 19.3 Å². The van der Waals surface area contributed by atoms with Crippen LogP contribution in [-0.4, -0.2) is 33.0 Å². The third-order valence-electron chi connectivity index (χ3n) is 3.73. The summed E-state index contributed by atoms with van der Waals surface area (Å²) in [5.74, 6) is 1.05. The van der Waals surface area contributed by atoms with Crippen LogP contribution < -0.4 is 0 Å². The van der Waals surface area contributed by atoms with Crippen molar-refractivity contribution in [2.45, 2.75) is 25.8 Å². The van der Waals surface area contributed by atoms with E-state index in [2.05, 4.69) is 27.3 Å². The lowest BCUT2D eigenvalue weighted by Crippen LogP contribution is -2.33. The van der Waals surface area contributed by atoms with Gasteiger partial charge in [-0.05, 0) is 31.4 Å². The molecule has 2 aromatic heterocycles. The normalized spacial score (nSPS) is 17.4. The smallest absolute Gasteiger partial charge is 0.246 e. The first-order valence-electron chi connectivity index (χ1n) is 7.38. The minimum Gasteiger partial charge on any atom is -0.337 e. The molecule has 1 aliphatic carbocycles. The first-order valence-corrected chi connectivity index (χ1v) is 7.38. The number of pyridine rings is 1. The van der Waals surface area contributed by atoms with Crippen LogP contribution in [0.15, 0.2) is 41.1 Å². The van der Waals surface area contributed by atoms with E-state index in [1.54, 1.807) is 18.1 Å². The summed E-state index contributed by atoms with van der Waals surface area (Å²) in [4.78, 5) is 22.5. The minimum atomic E-state index is 0.0631. The molecule has 3 rings (SSSR count). The number of rotatable bonds is 4. The number of hydrogen-bond donors (Lipinski definition) is 0. The first-order chi connectivity index (χ1) is 10.7. The second-order valence-electron chi connectivity index (χ2n) is 5.40. The van der Waals surface area contributed by atoms with E-state index >= 15 is 0 Å². The quantitative estimate of drug-likeness (QED) is 0.811. The van der Waals surface area contributed by atoms with Crippen molar-refractivity contribution in [1.29, 1.82) is 0 Å². The molecule has 1 amide bonds. The number of carbonyl (C=O) groups is 1. The topological polar surface area (TPSA) is 72.1 Å². The van der Waals surface area contributed by atoms with E-state index in [9.17, 15) is 4.79 Å². The van der Waals surface area contributed by atoms with Crippen LogP contribution in [-0.2, 0) is 11.3 Å². The van der Waals surface area contributed by atoms with Crippen molar-refractivity contribution in [2.24, 2.45) is 5.92 Å². The summed E-state index contributed by atoms with van der Waals surface area (Å²) >= 11 is 0. The number of nitrogens with zero attached hydrogens (tertiary/aromatic N) is 4. The van der Waals surface area contributed by atoms with Crippen LogP contribution in [0.4, 0.5) is 0 Å². The molecule has 0 spiro atoms. The molecule has 2 heterocycles. The molecule has 0 N–H and O–H groups in total. The summed E-state index contributed by atoms with van der Waals surface area (Å²) in [5, 5.41) is 3.91. The second-order valence-corrected chi connectivity index (χ2v) is 5.40. The summed E-state index contributed by atoms with van der Waals surface area (Å²) in [7, 11) is 1.77. The predicted octanol–water partition coefficient (Wildman–Crippen LogP) is 2.45. The van der Waals surface area contributed by atoms with Gasteiger partial charge in [-0.15, -0.1) is 0 Å². The van der Waals surface area contributed by atoms with E-state index < -0.39 is 0 Å². The molecule has 0 aliphatic heterocycles. The van der Waals surface area contributed by atoms with Crippen molar-refractivity contribution >= 4 is 5.91 Å². The van der Waals surface area contributed by atoms with Crippen LogP contribution in [0.25, 0.3) is 11.5 Å². The van der Waals surface area contributed by atoms with Crippen molar-refractivity contribution < 1.29 is 9.32 Å². The van der Waals surface area contributed by atoms with Gasteiger partial charge in [0.05, 0.1) is 6.54 Å². The highest BCUT2D eigenvalue weighted by molar-refractivity contribution is 5.78. The van der Waals surface area contributed by atoms with Crippen LogP contribution >= 0.6 is 0 Å². The largest absolute Gasteiger partial charge is 0.337 e. The highest BCUT2D eigenvalue weighted by Crippen LogP contribution is 2.21. The fraction of sp³-hybridized carbons (Fsp3) is 0.375. The molecule has 0 saturated carbocycles. The fourth-order valence-electron chi connectivity index (χ4n) is 2.53. The molecule has 1 unspecified atom stereocenters. The maximum Gasteiger partial charge on any atom is 0.246 e. The Morgan fingerprint density at radius 1 is 1.41 bits per heavy atom. The molecule has 0 bridgehead atoms. The Morgan fingerprint density at radius 2 is 2.32 bits per heavy atom. The molecule has 0 saturated heterocycles. The highest BCUT2D eigenvalue weighted by Gasteiger charge is 2.23. The van der Waals surface area contributed by atoms with Gasteiger partial charge in [-0.1, -0.05) is 23.4 Å². The van der Waals surface area contributed by atoms with E-state index in [-0.39, 0.29) is 11.8 Å². The highest BCUT2D eigenvalue weighted by atomic mass is 16.5. The lowest BCUT2D eigenvalue weighted by atomic mass is 9.93. The summed E-state index contributed by atoms with van der Waals surface area (Å²) < 4.78 is 5.22. The molecule has 1 aliphatic rings. The van der Waals surface area contributed by atoms with E-state index in [4.69, 9.17) is 4.52 Å². The lowest BCUT2D eigenvalue weighted by molar-refractivity contribution is -0.135. The summed E-state index contributed by atoms with van der Waals surface area (Å²) in [6, 6.07) is 5.51. The van der Waals surface area contributed by atoms with E-state index in [0.29, 0.717) is 24.0 Å². The van der Waals surface area contributed by atoms with Gasteiger partial charge in [0, 0.05) is 19.2 Å². The van der Waals surface area contributed by atoms with Gasteiger partial charge in [0.1, 0.15) is 5.69 Å². The lowest BCUT2D eigenvalue weighted by Gasteiger charge is -2.23. The molecule has 1 atom stereocenters. The van der Waals surface area contributed by atoms with Gasteiger partial charge < -0.3 is 9.42 Å². The minimum absolute atomic E-state index is 0.0631.